The summed E-state index contributed by atoms with van der Waals surface area (Å²) in [5.74, 6) is 1.06. The van der Waals surface area contributed by atoms with E-state index in [4.69, 9.17) is 9.47 Å². The first-order chi connectivity index (χ1) is 10.8. The molecular weight excluding hydrogens is 278 g/mol. The molecule has 4 nitrogen and oxygen atoms in total. The van der Waals surface area contributed by atoms with E-state index in [0.717, 1.165) is 42.6 Å². The largest absolute Gasteiger partial charge is 0.484 e. The summed E-state index contributed by atoms with van der Waals surface area (Å²) in [7, 11) is 0. The van der Waals surface area contributed by atoms with Crippen LogP contribution in [0, 0.1) is 5.92 Å². The fraction of sp³-hybridized carbons (Fsp3) is 0.389. The maximum Gasteiger partial charge on any atom is 0.257 e. The van der Waals surface area contributed by atoms with Crippen LogP contribution in [0.25, 0.3) is 10.8 Å². The highest BCUT2D eigenvalue weighted by Crippen LogP contribution is 2.20. The highest BCUT2D eigenvalue weighted by Gasteiger charge is 2.14. The first kappa shape index (κ1) is 14.9. The van der Waals surface area contributed by atoms with Crippen molar-refractivity contribution in [3.63, 3.8) is 0 Å². The van der Waals surface area contributed by atoms with Gasteiger partial charge in [-0.2, -0.15) is 0 Å². The van der Waals surface area contributed by atoms with Gasteiger partial charge in [0.15, 0.2) is 6.61 Å². The smallest absolute Gasteiger partial charge is 0.257 e. The molecule has 1 atom stereocenters. The maximum atomic E-state index is 11.8. The first-order valence-electron chi connectivity index (χ1n) is 7.77. The molecule has 1 amide bonds. The van der Waals surface area contributed by atoms with Gasteiger partial charge in [-0.15, -0.1) is 0 Å². The number of benzene rings is 2. The number of fused-ring (bicyclic) bond motifs is 1. The molecule has 1 unspecified atom stereocenters. The van der Waals surface area contributed by atoms with Gasteiger partial charge in [-0.05, 0) is 41.7 Å². The van der Waals surface area contributed by atoms with E-state index in [-0.39, 0.29) is 12.5 Å². The Morgan fingerprint density at radius 3 is 2.91 bits per heavy atom. The van der Waals surface area contributed by atoms with Crippen LogP contribution < -0.4 is 10.1 Å². The van der Waals surface area contributed by atoms with Crippen LogP contribution in [0.3, 0.4) is 0 Å². The highest BCUT2D eigenvalue weighted by molar-refractivity contribution is 5.84. The average Bonchev–Trinajstić information content (AvgIpc) is 2.59. The molecule has 4 heteroatoms. The summed E-state index contributed by atoms with van der Waals surface area (Å²) in [6.45, 7) is 2.30. The zero-order valence-corrected chi connectivity index (χ0v) is 12.6. The molecule has 0 saturated carbocycles. The van der Waals surface area contributed by atoms with Crippen LogP contribution >= 0.6 is 0 Å². The summed E-state index contributed by atoms with van der Waals surface area (Å²) in [5, 5.41) is 5.19. The predicted octanol–water partition coefficient (Wildman–Crippen LogP) is 2.76. The van der Waals surface area contributed by atoms with Crippen LogP contribution in [0.1, 0.15) is 12.8 Å². The van der Waals surface area contributed by atoms with Crippen LogP contribution in [0.5, 0.6) is 5.75 Å². The van der Waals surface area contributed by atoms with E-state index in [9.17, 15) is 4.79 Å². The molecule has 2 aromatic rings. The average molecular weight is 299 g/mol. The summed E-state index contributed by atoms with van der Waals surface area (Å²) < 4.78 is 11.0. The SMILES string of the molecule is O=C(COc1ccc2ccccc2c1)NCC1CCCOC1. The summed E-state index contributed by atoms with van der Waals surface area (Å²) in [5.41, 5.74) is 0. The van der Waals surface area contributed by atoms with E-state index in [1.165, 1.54) is 0 Å². The Kier molecular flexibility index (Phi) is 4.91. The molecule has 1 fully saturated rings. The molecule has 1 N–H and O–H groups in total. The van der Waals surface area contributed by atoms with Crippen molar-refractivity contribution < 1.29 is 14.3 Å². The zero-order valence-electron chi connectivity index (χ0n) is 12.6. The number of rotatable bonds is 5. The second kappa shape index (κ2) is 7.27. The molecule has 0 spiro atoms. The van der Waals surface area contributed by atoms with E-state index < -0.39 is 0 Å². The van der Waals surface area contributed by atoms with Gasteiger partial charge >= 0.3 is 0 Å². The van der Waals surface area contributed by atoms with Crippen LogP contribution in [0.4, 0.5) is 0 Å². The van der Waals surface area contributed by atoms with Crippen LogP contribution in [0.2, 0.25) is 0 Å². The van der Waals surface area contributed by atoms with E-state index in [2.05, 4.69) is 11.4 Å². The summed E-state index contributed by atoms with van der Waals surface area (Å²) in [6.07, 6.45) is 2.19. The summed E-state index contributed by atoms with van der Waals surface area (Å²) in [6, 6.07) is 13.9. The van der Waals surface area contributed by atoms with Gasteiger partial charge in [0.1, 0.15) is 5.75 Å². The van der Waals surface area contributed by atoms with E-state index in [0.29, 0.717) is 12.5 Å². The van der Waals surface area contributed by atoms with E-state index >= 15 is 0 Å². The number of hydrogen-bond donors (Lipinski definition) is 1. The molecule has 0 aliphatic carbocycles. The van der Waals surface area contributed by atoms with Crippen molar-refractivity contribution in [2.24, 2.45) is 5.92 Å². The lowest BCUT2D eigenvalue weighted by atomic mass is 10.0. The number of nitrogens with one attached hydrogen (secondary N) is 1. The molecule has 0 aromatic heterocycles. The molecule has 1 aliphatic heterocycles. The highest BCUT2D eigenvalue weighted by atomic mass is 16.5. The first-order valence-corrected chi connectivity index (χ1v) is 7.77. The van der Waals surface area contributed by atoms with Crippen LogP contribution in [0.15, 0.2) is 42.5 Å². The molecule has 22 heavy (non-hydrogen) atoms. The van der Waals surface area contributed by atoms with Crippen molar-refractivity contribution in [1.29, 1.82) is 0 Å². The van der Waals surface area contributed by atoms with Gasteiger partial charge < -0.3 is 14.8 Å². The number of hydrogen-bond acceptors (Lipinski definition) is 3. The quantitative estimate of drug-likeness (QED) is 0.923. The second-order valence-electron chi connectivity index (χ2n) is 5.68. The van der Waals surface area contributed by atoms with Crippen LogP contribution in [-0.4, -0.2) is 32.3 Å². The van der Waals surface area contributed by atoms with Crippen molar-refractivity contribution >= 4 is 16.7 Å². The molecule has 1 heterocycles. The van der Waals surface area contributed by atoms with Gasteiger partial charge in [-0.25, -0.2) is 0 Å². The molecule has 0 bridgehead atoms. The Hall–Kier alpha value is -2.07. The third-order valence-electron chi connectivity index (χ3n) is 3.93. The second-order valence-corrected chi connectivity index (χ2v) is 5.68. The number of carbonyl (C=O) groups excluding carboxylic acids is 1. The van der Waals surface area contributed by atoms with Crippen molar-refractivity contribution in [3.05, 3.63) is 42.5 Å². The summed E-state index contributed by atoms with van der Waals surface area (Å²) >= 11 is 0. The van der Waals surface area contributed by atoms with Gasteiger partial charge in [0.2, 0.25) is 0 Å². The Morgan fingerprint density at radius 1 is 1.23 bits per heavy atom. The molecule has 1 saturated heterocycles. The molecule has 0 radical (unpaired) electrons. The monoisotopic (exact) mass is 299 g/mol. The van der Waals surface area contributed by atoms with Gasteiger partial charge in [-0.3, -0.25) is 4.79 Å². The lowest BCUT2D eigenvalue weighted by Gasteiger charge is -2.22. The fourth-order valence-corrected chi connectivity index (χ4v) is 2.68. The minimum Gasteiger partial charge on any atom is -0.484 e. The normalized spacial score (nSPS) is 18.1. The number of ether oxygens (including phenoxy) is 2. The Balaban J connectivity index is 1.47. The van der Waals surface area contributed by atoms with E-state index in [1.807, 2.05) is 36.4 Å². The fourth-order valence-electron chi connectivity index (χ4n) is 2.68. The zero-order chi connectivity index (χ0) is 15.2. The lowest BCUT2D eigenvalue weighted by molar-refractivity contribution is -0.123. The number of carbonyl (C=O) groups is 1. The van der Waals surface area contributed by atoms with Crippen molar-refractivity contribution in [3.8, 4) is 5.75 Å². The van der Waals surface area contributed by atoms with Crippen LogP contribution in [-0.2, 0) is 9.53 Å². The topological polar surface area (TPSA) is 47.6 Å². The standard InChI is InChI=1S/C18H21NO3/c20-18(19-11-14-4-3-9-21-12-14)13-22-17-8-7-15-5-1-2-6-16(15)10-17/h1-2,5-8,10,14H,3-4,9,11-13H2,(H,19,20). The van der Waals surface area contributed by atoms with Gasteiger partial charge in [0.25, 0.3) is 5.91 Å². The maximum absolute atomic E-state index is 11.8. The Morgan fingerprint density at radius 2 is 2.09 bits per heavy atom. The van der Waals surface area contributed by atoms with Gasteiger partial charge in [0.05, 0.1) is 6.61 Å². The Bertz CT molecular complexity index is 635. The van der Waals surface area contributed by atoms with Crippen molar-refractivity contribution in [2.75, 3.05) is 26.4 Å². The molecule has 116 valence electrons. The van der Waals surface area contributed by atoms with E-state index in [1.54, 1.807) is 0 Å². The molecule has 1 aliphatic rings. The third-order valence-corrected chi connectivity index (χ3v) is 3.93. The molecular formula is C18H21NO3. The van der Waals surface area contributed by atoms with Gasteiger partial charge in [-0.1, -0.05) is 30.3 Å². The molecule has 2 aromatic carbocycles. The lowest BCUT2D eigenvalue weighted by Crippen LogP contribution is -2.35. The number of amides is 1. The predicted molar refractivity (Wildman–Crippen MR) is 86.0 cm³/mol. The van der Waals surface area contributed by atoms with Crippen molar-refractivity contribution in [1.82, 2.24) is 5.32 Å². The van der Waals surface area contributed by atoms with Crippen molar-refractivity contribution in [2.45, 2.75) is 12.8 Å². The third kappa shape index (κ3) is 3.98. The van der Waals surface area contributed by atoms with Gasteiger partial charge in [0, 0.05) is 13.2 Å². The minimum atomic E-state index is -0.0845. The summed E-state index contributed by atoms with van der Waals surface area (Å²) in [4.78, 5) is 11.8. The minimum absolute atomic E-state index is 0.0475. The molecule has 3 rings (SSSR count). The Labute approximate surface area is 130 Å².